The molecule has 2 fully saturated rings. The Morgan fingerprint density at radius 3 is 2.52 bits per heavy atom. The number of aliphatic carboxylic acids is 1. The lowest BCUT2D eigenvalue weighted by Gasteiger charge is -2.39. The van der Waals surface area contributed by atoms with Gasteiger partial charge in [0.15, 0.2) is 0 Å². The fourth-order valence-electron chi connectivity index (χ4n) is 5.85. The quantitative estimate of drug-likeness (QED) is 0.336. The lowest BCUT2D eigenvalue weighted by atomic mass is 9.76. The average molecular weight is 633 g/mol. The molecule has 14 heteroatoms. The minimum Gasteiger partial charge on any atom is -0.480 e. The SMILES string of the molecule is CN(C)C(=O)c1cccc(-c2cc(Cl)ccc2[C@@H](Oc2cc(N3CCC4(CC3)CN[C@H](C(=O)O)C4)nc(N)n2)C(F)(F)F)c1. The molecule has 1 aromatic heterocycles. The normalized spacial score (nSPS) is 18.7. The van der Waals surface area contributed by atoms with Crippen molar-refractivity contribution in [2.24, 2.45) is 5.41 Å². The highest BCUT2D eigenvalue weighted by atomic mass is 35.5. The van der Waals surface area contributed by atoms with E-state index in [1.807, 2.05) is 4.90 Å². The summed E-state index contributed by atoms with van der Waals surface area (Å²) < 4.78 is 49.5. The molecular formula is C30H32ClF3N6O4. The Kier molecular flexibility index (Phi) is 8.63. The maximum absolute atomic E-state index is 14.7. The van der Waals surface area contributed by atoms with Crippen LogP contribution in [0.2, 0.25) is 5.02 Å². The number of carbonyl (C=O) groups excluding carboxylic acids is 1. The molecular weight excluding hydrogens is 601 g/mol. The van der Waals surface area contributed by atoms with Crippen molar-refractivity contribution in [2.45, 2.75) is 37.6 Å². The Hall–Kier alpha value is -4.10. The largest absolute Gasteiger partial charge is 0.480 e. The van der Waals surface area contributed by atoms with Crippen LogP contribution in [0.25, 0.3) is 11.1 Å². The van der Waals surface area contributed by atoms with Crippen LogP contribution in [0, 0.1) is 5.41 Å². The number of carboxylic acids is 1. The summed E-state index contributed by atoms with van der Waals surface area (Å²) in [6.45, 7) is 1.60. The van der Waals surface area contributed by atoms with Gasteiger partial charge in [0.1, 0.15) is 11.9 Å². The van der Waals surface area contributed by atoms with Gasteiger partial charge >= 0.3 is 12.1 Å². The van der Waals surface area contributed by atoms with E-state index >= 15 is 0 Å². The third kappa shape index (κ3) is 6.68. The maximum Gasteiger partial charge on any atom is 0.429 e. The van der Waals surface area contributed by atoms with Crippen LogP contribution in [0.3, 0.4) is 0 Å². The van der Waals surface area contributed by atoms with Gasteiger partial charge in [0.2, 0.25) is 17.9 Å². The van der Waals surface area contributed by atoms with Crippen LogP contribution in [0.15, 0.2) is 48.5 Å². The van der Waals surface area contributed by atoms with E-state index in [9.17, 15) is 27.9 Å². The van der Waals surface area contributed by atoms with E-state index in [1.165, 1.54) is 35.2 Å². The van der Waals surface area contributed by atoms with Crippen LogP contribution in [0.4, 0.5) is 24.9 Å². The minimum absolute atomic E-state index is 0.140. The van der Waals surface area contributed by atoms with E-state index in [4.69, 9.17) is 22.1 Å². The number of anilines is 2. The second kappa shape index (κ2) is 12.1. The third-order valence-electron chi connectivity index (χ3n) is 8.17. The summed E-state index contributed by atoms with van der Waals surface area (Å²) in [6.07, 6.45) is -5.45. The number of hydrogen-bond donors (Lipinski definition) is 3. The lowest BCUT2D eigenvalue weighted by molar-refractivity contribution is -0.198. The average Bonchev–Trinajstić information content (AvgIpc) is 3.39. The van der Waals surface area contributed by atoms with Crippen molar-refractivity contribution in [2.75, 3.05) is 44.4 Å². The standard InChI is InChI=1S/C30H32ClF3N6O4/c1-39(2)26(41)18-5-3-4-17(12-18)21-13-19(31)6-7-20(21)25(30(32,33)34)44-24-14-23(37-28(35)38-24)40-10-8-29(9-11-40)15-22(27(42)43)36-16-29/h3-7,12-14,22,25,36H,8-11,15-16H2,1-2H3,(H,42,43)(H2,35,37,38)/t22-,25+/m0/s1. The Labute approximate surface area is 257 Å². The first-order chi connectivity index (χ1) is 20.7. The van der Waals surface area contributed by atoms with Crippen molar-refractivity contribution in [1.29, 1.82) is 0 Å². The second-order valence-corrected chi connectivity index (χ2v) is 11.9. The fourth-order valence-corrected chi connectivity index (χ4v) is 6.02. The Morgan fingerprint density at radius 2 is 1.89 bits per heavy atom. The first kappa shape index (κ1) is 31.3. The molecule has 3 heterocycles. The zero-order valence-electron chi connectivity index (χ0n) is 24.1. The first-order valence-corrected chi connectivity index (χ1v) is 14.3. The van der Waals surface area contributed by atoms with Gasteiger partial charge in [-0.3, -0.25) is 9.59 Å². The van der Waals surface area contributed by atoms with Gasteiger partial charge in [-0.1, -0.05) is 29.8 Å². The van der Waals surface area contributed by atoms with E-state index in [0.29, 0.717) is 55.8 Å². The van der Waals surface area contributed by atoms with Crippen LogP contribution in [0.5, 0.6) is 5.88 Å². The molecule has 0 aliphatic carbocycles. The molecule has 234 valence electrons. The molecule has 10 nitrogen and oxygen atoms in total. The topological polar surface area (TPSA) is 134 Å². The number of hydrogen-bond acceptors (Lipinski definition) is 8. The van der Waals surface area contributed by atoms with E-state index in [1.54, 1.807) is 32.3 Å². The number of aromatic nitrogens is 2. The van der Waals surface area contributed by atoms with Crippen LogP contribution >= 0.6 is 11.6 Å². The molecule has 2 aliphatic rings. The van der Waals surface area contributed by atoms with Gasteiger partial charge in [0, 0.05) is 55.9 Å². The monoisotopic (exact) mass is 632 g/mol. The maximum atomic E-state index is 14.7. The number of benzene rings is 2. The summed E-state index contributed by atoms with van der Waals surface area (Å²) >= 11 is 6.22. The number of nitrogens with two attached hydrogens (primary N) is 1. The number of nitrogens with one attached hydrogen (secondary N) is 1. The zero-order chi connectivity index (χ0) is 31.8. The van der Waals surface area contributed by atoms with E-state index in [-0.39, 0.29) is 39.3 Å². The molecule has 2 atom stereocenters. The van der Waals surface area contributed by atoms with E-state index < -0.39 is 24.3 Å². The smallest absolute Gasteiger partial charge is 0.429 e. The third-order valence-corrected chi connectivity index (χ3v) is 8.41. The summed E-state index contributed by atoms with van der Waals surface area (Å²) in [4.78, 5) is 35.4. The van der Waals surface area contributed by atoms with Gasteiger partial charge in [-0.15, -0.1) is 0 Å². The summed E-state index contributed by atoms with van der Waals surface area (Å²) in [5.74, 6) is -1.49. The molecule has 0 unspecified atom stereocenters. The van der Waals surface area contributed by atoms with Gasteiger partial charge in [-0.25, -0.2) is 0 Å². The second-order valence-electron chi connectivity index (χ2n) is 11.4. The first-order valence-electron chi connectivity index (χ1n) is 14.0. The van der Waals surface area contributed by atoms with Crippen molar-refractivity contribution >= 4 is 35.2 Å². The number of piperidine rings is 1. The lowest BCUT2D eigenvalue weighted by Crippen LogP contribution is -2.41. The fraction of sp³-hybridized carbons (Fsp3) is 0.400. The van der Waals surface area contributed by atoms with Gasteiger partial charge in [0.05, 0.1) is 0 Å². The molecule has 0 bridgehead atoms. The number of nitrogen functional groups attached to an aromatic ring is 1. The molecule has 3 aromatic rings. The highest BCUT2D eigenvalue weighted by Gasteiger charge is 2.46. The number of carbonyl (C=O) groups is 2. The van der Waals surface area contributed by atoms with Crippen molar-refractivity contribution in [3.8, 4) is 17.0 Å². The molecule has 1 amide bonds. The number of carboxylic acid groups (broad SMARTS) is 1. The van der Waals surface area contributed by atoms with Crippen molar-refractivity contribution in [3.63, 3.8) is 0 Å². The zero-order valence-corrected chi connectivity index (χ0v) is 24.8. The number of alkyl halides is 3. The van der Waals surface area contributed by atoms with Gasteiger partial charge in [0.25, 0.3) is 5.91 Å². The van der Waals surface area contributed by atoms with Crippen molar-refractivity contribution in [3.05, 3.63) is 64.7 Å². The minimum atomic E-state index is -4.87. The Morgan fingerprint density at radius 1 is 1.16 bits per heavy atom. The molecule has 0 radical (unpaired) electrons. The highest BCUT2D eigenvalue weighted by molar-refractivity contribution is 6.30. The summed E-state index contributed by atoms with van der Waals surface area (Å²) in [6, 6.07) is 11.0. The number of amides is 1. The molecule has 4 N–H and O–H groups in total. The van der Waals surface area contributed by atoms with Crippen LogP contribution < -0.4 is 20.7 Å². The van der Waals surface area contributed by atoms with Crippen LogP contribution in [-0.4, -0.2) is 77.8 Å². The number of rotatable bonds is 7. The van der Waals surface area contributed by atoms with Crippen LogP contribution in [0.1, 0.15) is 41.3 Å². The predicted molar refractivity (Wildman–Crippen MR) is 159 cm³/mol. The molecule has 1 spiro atoms. The predicted octanol–water partition coefficient (Wildman–Crippen LogP) is 4.80. The van der Waals surface area contributed by atoms with E-state index in [2.05, 4.69) is 15.3 Å². The number of ether oxygens (including phenoxy) is 1. The van der Waals surface area contributed by atoms with Gasteiger partial charge in [-0.05, 0) is 60.1 Å². The molecule has 44 heavy (non-hydrogen) atoms. The van der Waals surface area contributed by atoms with Crippen molar-refractivity contribution < 1.29 is 32.6 Å². The highest BCUT2D eigenvalue weighted by Crippen LogP contribution is 2.43. The Bertz CT molecular complexity index is 1560. The van der Waals surface area contributed by atoms with Gasteiger partial charge in [-0.2, -0.15) is 23.1 Å². The van der Waals surface area contributed by atoms with Crippen molar-refractivity contribution in [1.82, 2.24) is 20.2 Å². The number of halogens is 4. The number of nitrogens with zero attached hydrogens (tertiary/aromatic N) is 4. The molecule has 2 aliphatic heterocycles. The molecule has 2 aromatic carbocycles. The summed E-state index contributed by atoms with van der Waals surface area (Å²) in [7, 11) is 3.16. The summed E-state index contributed by atoms with van der Waals surface area (Å²) in [5.41, 5.74) is 6.32. The van der Waals surface area contributed by atoms with Gasteiger partial charge < -0.3 is 30.7 Å². The molecule has 5 rings (SSSR count). The molecule has 0 saturated carbocycles. The van der Waals surface area contributed by atoms with E-state index in [0.717, 1.165) is 0 Å². The molecule has 2 saturated heterocycles. The Balaban J connectivity index is 1.43. The summed E-state index contributed by atoms with van der Waals surface area (Å²) in [5, 5.41) is 12.6. The van der Waals surface area contributed by atoms with Crippen LogP contribution in [-0.2, 0) is 4.79 Å².